The molecule has 0 spiro atoms. The Morgan fingerprint density at radius 2 is 2.20 bits per heavy atom. The van der Waals surface area contributed by atoms with Crippen molar-refractivity contribution in [1.82, 2.24) is 10.4 Å². The van der Waals surface area contributed by atoms with E-state index < -0.39 is 5.91 Å². The summed E-state index contributed by atoms with van der Waals surface area (Å²) in [6.45, 7) is 3.76. The van der Waals surface area contributed by atoms with E-state index >= 15 is 0 Å². The van der Waals surface area contributed by atoms with E-state index in [1.807, 2.05) is 6.07 Å². The number of nitrogens with zero attached hydrogens (tertiary/aromatic N) is 3. The molecule has 1 aromatic carbocycles. The molecule has 1 heterocycles. The number of phenolic OH excluding ortho intramolecular Hbond substituents is 1. The van der Waals surface area contributed by atoms with Crippen molar-refractivity contribution in [3.05, 3.63) is 45.1 Å². The molecular formula is C20H21BrN4O5. The Morgan fingerprint density at radius 3 is 2.87 bits per heavy atom. The molecule has 2 rings (SSSR count). The van der Waals surface area contributed by atoms with E-state index in [4.69, 9.17) is 14.2 Å². The van der Waals surface area contributed by atoms with Gasteiger partial charge in [0.25, 0.3) is 5.91 Å². The lowest BCUT2D eigenvalue weighted by Gasteiger charge is -2.13. The molecule has 2 N–H and O–H groups in total. The molecule has 2 aromatic rings. The Hall–Kier alpha value is -3.16. The van der Waals surface area contributed by atoms with Crippen LogP contribution in [0.4, 0.5) is 0 Å². The number of amides is 1. The fourth-order valence-corrected chi connectivity index (χ4v) is 2.84. The first-order chi connectivity index (χ1) is 14.4. The van der Waals surface area contributed by atoms with Crippen molar-refractivity contribution in [3.8, 4) is 23.4 Å². The van der Waals surface area contributed by atoms with Crippen LogP contribution in [0.25, 0.3) is 0 Å². The number of aryl methyl sites for hydroxylation is 1. The molecule has 0 fully saturated rings. The number of pyridine rings is 1. The van der Waals surface area contributed by atoms with Gasteiger partial charge in [0.15, 0.2) is 18.1 Å². The van der Waals surface area contributed by atoms with Crippen molar-refractivity contribution in [2.24, 2.45) is 5.10 Å². The minimum absolute atomic E-state index is 0.0184. The quantitative estimate of drug-likeness (QED) is 0.420. The number of hydrogen-bond acceptors (Lipinski definition) is 8. The molecular weight excluding hydrogens is 456 g/mol. The van der Waals surface area contributed by atoms with Crippen LogP contribution in [0.5, 0.6) is 17.4 Å². The fourth-order valence-electron chi connectivity index (χ4n) is 2.44. The molecule has 1 amide bonds. The van der Waals surface area contributed by atoms with Crippen LogP contribution in [0.3, 0.4) is 0 Å². The molecule has 30 heavy (non-hydrogen) atoms. The average Bonchev–Trinajstić information content (AvgIpc) is 2.72. The largest absolute Gasteiger partial charge is 0.504 e. The van der Waals surface area contributed by atoms with E-state index in [1.165, 1.54) is 19.4 Å². The second-order valence-electron chi connectivity index (χ2n) is 5.96. The summed E-state index contributed by atoms with van der Waals surface area (Å²) >= 11 is 3.39. The van der Waals surface area contributed by atoms with Gasteiger partial charge in [0.1, 0.15) is 11.6 Å². The molecule has 10 heteroatoms. The van der Waals surface area contributed by atoms with Gasteiger partial charge in [-0.15, -0.1) is 0 Å². The number of nitrogens with one attached hydrogen (secondary N) is 1. The van der Waals surface area contributed by atoms with Crippen molar-refractivity contribution in [2.75, 3.05) is 20.3 Å². The molecule has 0 radical (unpaired) electrons. The lowest BCUT2D eigenvalue weighted by Crippen LogP contribution is -2.25. The van der Waals surface area contributed by atoms with E-state index in [2.05, 4.69) is 31.4 Å². The maximum Gasteiger partial charge on any atom is 0.278 e. The Labute approximate surface area is 182 Å². The number of ether oxygens (including phenoxy) is 3. The van der Waals surface area contributed by atoms with E-state index in [-0.39, 0.29) is 30.4 Å². The summed E-state index contributed by atoms with van der Waals surface area (Å²) in [6.07, 6.45) is 1.40. The van der Waals surface area contributed by atoms with Crippen molar-refractivity contribution in [2.45, 2.75) is 20.5 Å². The minimum atomic E-state index is -0.533. The molecule has 0 unspecified atom stereocenters. The molecule has 0 saturated heterocycles. The highest BCUT2D eigenvalue weighted by atomic mass is 79.9. The number of aromatic nitrogens is 1. The predicted octanol–water partition coefficient (Wildman–Crippen LogP) is 2.80. The number of carbonyl (C=O) groups is 1. The highest BCUT2D eigenvalue weighted by molar-refractivity contribution is 9.10. The summed E-state index contributed by atoms with van der Waals surface area (Å²) in [6, 6.07) is 6.72. The van der Waals surface area contributed by atoms with Crippen LogP contribution in [0.1, 0.15) is 29.3 Å². The molecule has 158 valence electrons. The summed E-state index contributed by atoms with van der Waals surface area (Å²) in [4.78, 5) is 16.3. The minimum Gasteiger partial charge on any atom is -0.504 e. The first-order valence-electron chi connectivity index (χ1n) is 8.89. The third kappa shape index (κ3) is 5.92. The molecule has 0 aliphatic heterocycles. The van der Waals surface area contributed by atoms with Crippen LogP contribution in [0.15, 0.2) is 27.8 Å². The second-order valence-corrected chi connectivity index (χ2v) is 6.75. The summed E-state index contributed by atoms with van der Waals surface area (Å²) in [5.41, 5.74) is 4.34. The zero-order valence-corrected chi connectivity index (χ0v) is 18.3. The predicted molar refractivity (Wildman–Crippen MR) is 113 cm³/mol. The molecule has 0 bridgehead atoms. The third-order valence-corrected chi connectivity index (χ3v) is 4.85. The smallest absolute Gasteiger partial charge is 0.278 e. The van der Waals surface area contributed by atoms with Crippen LogP contribution in [0, 0.1) is 18.3 Å². The van der Waals surface area contributed by atoms with Crippen LogP contribution in [0.2, 0.25) is 0 Å². The zero-order valence-electron chi connectivity index (χ0n) is 16.7. The van der Waals surface area contributed by atoms with Crippen LogP contribution in [-0.4, -0.2) is 42.5 Å². The van der Waals surface area contributed by atoms with Gasteiger partial charge in [0.2, 0.25) is 5.88 Å². The molecule has 9 nitrogen and oxygen atoms in total. The lowest BCUT2D eigenvalue weighted by atomic mass is 10.1. The number of halogens is 1. The summed E-state index contributed by atoms with van der Waals surface area (Å²) in [5.74, 6) is -0.146. The molecule has 0 aliphatic rings. The topological polar surface area (TPSA) is 126 Å². The normalized spacial score (nSPS) is 10.6. The number of benzene rings is 1. The van der Waals surface area contributed by atoms with Crippen LogP contribution >= 0.6 is 15.9 Å². The average molecular weight is 477 g/mol. The number of phenols is 1. The molecule has 1 aromatic heterocycles. The Kier molecular flexibility index (Phi) is 8.58. The van der Waals surface area contributed by atoms with Crippen LogP contribution in [-0.2, 0) is 16.1 Å². The van der Waals surface area contributed by atoms with Gasteiger partial charge >= 0.3 is 0 Å². The van der Waals surface area contributed by atoms with Gasteiger partial charge in [0.05, 0.1) is 25.1 Å². The van der Waals surface area contributed by atoms with E-state index in [1.54, 1.807) is 26.0 Å². The Morgan fingerprint density at radius 1 is 1.43 bits per heavy atom. The van der Waals surface area contributed by atoms with Gasteiger partial charge < -0.3 is 19.3 Å². The highest BCUT2D eigenvalue weighted by Gasteiger charge is 2.18. The van der Waals surface area contributed by atoms with Crippen molar-refractivity contribution in [3.63, 3.8) is 0 Å². The van der Waals surface area contributed by atoms with E-state index in [0.717, 1.165) is 0 Å². The number of rotatable bonds is 9. The fraction of sp³-hybridized carbons (Fsp3) is 0.300. The Bertz CT molecular complexity index is 988. The highest BCUT2D eigenvalue weighted by Crippen LogP contribution is 2.30. The molecule has 0 atom stereocenters. The van der Waals surface area contributed by atoms with Gasteiger partial charge in [-0.25, -0.2) is 10.4 Å². The SMILES string of the molecule is CCOc1cc(/C=N\NC(=O)COc2nc(C)c(Br)c(COC)c2C#N)ccc1O. The van der Waals surface area contributed by atoms with Crippen molar-refractivity contribution < 1.29 is 24.1 Å². The maximum atomic E-state index is 12.0. The zero-order chi connectivity index (χ0) is 22.1. The second kappa shape index (κ2) is 11.1. The van der Waals surface area contributed by atoms with E-state index in [9.17, 15) is 15.2 Å². The van der Waals surface area contributed by atoms with Gasteiger partial charge in [-0.3, -0.25) is 4.79 Å². The van der Waals surface area contributed by atoms with E-state index in [0.29, 0.717) is 33.6 Å². The van der Waals surface area contributed by atoms with Gasteiger partial charge in [-0.2, -0.15) is 10.4 Å². The number of carbonyl (C=O) groups excluding carboxylic acids is 1. The van der Waals surface area contributed by atoms with Crippen LogP contribution < -0.4 is 14.9 Å². The summed E-state index contributed by atoms with van der Waals surface area (Å²) < 4.78 is 16.5. The number of hydrazone groups is 1. The van der Waals surface area contributed by atoms with Gasteiger partial charge in [0, 0.05) is 17.1 Å². The number of methoxy groups -OCH3 is 1. The number of hydrogen-bond donors (Lipinski definition) is 2. The van der Waals surface area contributed by atoms with Crippen molar-refractivity contribution >= 4 is 28.1 Å². The third-order valence-electron chi connectivity index (χ3n) is 3.79. The maximum absolute atomic E-state index is 12.0. The monoisotopic (exact) mass is 476 g/mol. The first kappa shape index (κ1) is 23.1. The first-order valence-corrected chi connectivity index (χ1v) is 9.69. The van der Waals surface area contributed by atoms with Gasteiger partial charge in [-0.1, -0.05) is 0 Å². The van der Waals surface area contributed by atoms with Gasteiger partial charge in [-0.05, 0) is 53.5 Å². The lowest BCUT2D eigenvalue weighted by molar-refractivity contribution is -0.123. The standard InChI is InChI=1S/C20H21BrN4O5/c1-4-29-17-7-13(5-6-16(17)26)9-23-25-18(27)11-30-20-14(8-22)15(10-28-3)19(21)12(2)24-20/h5-7,9,26H,4,10-11H2,1-3H3,(H,25,27)/b23-9-. The summed E-state index contributed by atoms with van der Waals surface area (Å²) in [5, 5.41) is 23.0. The molecule has 0 saturated carbocycles. The van der Waals surface area contributed by atoms with Crippen molar-refractivity contribution in [1.29, 1.82) is 5.26 Å². The summed E-state index contributed by atoms with van der Waals surface area (Å²) in [7, 11) is 1.51. The molecule has 0 aliphatic carbocycles. The number of aromatic hydroxyl groups is 1. The Balaban J connectivity index is 2.02. The number of nitriles is 1.